The van der Waals surface area contributed by atoms with Crippen LogP contribution in [0.1, 0.15) is 22.8 Å². The molecule has 0 unspecified atom stereocenters. The highest BCUT2D eigenvalue weighted by molar-refractivity contribution is 6.09. The minimum Gasteiger partial charge on any atom is -0.479 e. The van der Waals surface area contributed by atoms with Crippen LogP contribution in [-0.4, -0.2) is 17.9 Å². The molecule has 0 radical (unpaired) electrons. The van der Waals surface area contributed by atoms with Crippen molar-refractivity contribution in [3.8, 4) is 11.5 Å². The third-order valence-electron chi connectivity index (χ3n) is 3.83. The lowest BCUT2D eigenvalue weighted by Gasteiger charge is -2.14. The quantitative estimate of drug-likeness (QED) is 0.369. The molecule has 0 bridgehead atoms. The van der Waals surface area contributed by atoms with Crippen LogP contribution in [0.25, 0.3) is 0 Å². The largest absolute Gasteiger partial charge is 0.479 e. The van der Waals surface area contributed by atoms with Crippen molar-refractivity contribution in [2.24, 2.45) is 0 Å². The first-order valence-corrected chi connectivity index (χ1v) is 8.36. The number of carbonyl (C=O) groups is 2. The van der Waals surface area contributed by atoms with Gasteiger partial charge in [-0.25, -0.2) is 9.18 Å². The smallest absolute Gasteiger partial charge is 0.352 e. The van der Waals surface area contributed by atoms with Gasteiger partial charge in [-0.3, -0.25) is 4.79 Å². The Balaban J connectivity index is 1.61. The molecule has 0 aliphatic rings. The van der Waals surface area contributed by atoms with Gasteiger partial charge >= 0.3 is 5.97 Å². The van der Waals surface area contributed by atoms with Crippen molar-refractivity contribution in [3.05, 3.63) is 95.8 Å². The molecule has 0 N–H and O–H groups in total. The van der Waals surface area contributed by atoms with Crippen molar-refractivity contribution in [1.29, 1.82) is 0 Å². The molecular weight excluding hydrogens is 347 g/mol. The predicted molar refractivity (Wildman–Crippen MR) is 98.4 cm³/mol. The SMILES string of the molecule is C[C@@H](Oc1ccc(F)cc1)C(=O)Oc1ccc(C(=O)c2ccccc2)cc1. The highest BCUT2D eigenvalue weighted by Gasteiger charge is 2.18. The van der Waals surface area contributed by atoms with Crippen molar-refractivity contribution in [1.82, 2.24) is 0 Å². The zero-order valence-corrected chi connectivity index (χ0v) is 14.6. The van der Waals surface area contributed by atoms with Crippen LogP contribution < -0.4 is 9.47 Å². The van der Waals surface area contributed by atoms with E-state index in [4.69, 9.17) is 9.47 Å². The molecule has 0 saturated carbocycles. The first-order valence-electron chi connectivity index (χ1n) is 8.36. The Morgan fingerprint density at radius 2 is 1.33 bits per heavy atom. The predicted octanol–water partition coefficient (Wildman–Crippen LogP) is 4.43. The summed E-state index contributed by atoms with van der Waals surface area (Å²) in [5, 5.41) is 0. The van der Waals surface area contributed by atoms with Crippen LogP contribution in [0.3, 0.4) is 0 Å². The molecule has 1 atom stereocenters. The van der Waals surface area contributed by atoms with Crippen LogP contribution in [-0.2, 0) is 4.79 Å². The molecule has 0 saturated heterocycles. The van der Waals surface area contributed by atoms with Crippen LogP contribution in [0.2, 0.25) is 0 Å². The number of ketones is 1. The van der Waals surface area contributed by atoms with E-state index >= 15 is 0 Å². The van der Waals surface area contributed by atoms with E-state index in [0.29, 0.717) is 22.6 Å². The van der Waals surface area contributed by atoms with Crippen LogP contribution in [0, 0.1) is 5.82 Å². The Kier molecular flexibility index (Phi) is 5.61. The van der Waals surface area contributed by atoms with Gasteiger partial charge in [0.25, 0.3) is 0 Å². The molecule has 0 spiro atoms. The minimum absolute atomic E-state index is 0.110. The fourth-order valence-corrected chi connectivity index (χ4v) is 2.40. The van der Waals surface area contributed by atoms with Gasteiger partial charge in [0.2, 0.25) is 0 Å². The van der Waals surface area contributed by atoms with E-state index in [0.717, 1.165) is 0 Å². The summed E-state index contributed by atoms with van der Waals surface area (Å²) in [6.45, 7) is 1.54. The van der Waals surface area contributed by atoms with Crippen molar-refractivity contribution in [3.63, 3.8) is 0 Å². The van der Waals surface area contributed by atoms with Gasteiger partial charge in [-0.1, -0.05) is 30.3 Å². The molecule has 0 amide bonds. The average molecular weight is 364 g/mol. The summed E-state index contributed by atoms with van der Waals surface area (Å²) in [6, 6.07) is 20.6. The molecule has 0 aliphatic carbocycles. The number of halogens is 1. The van der Waals surface area contributed by atoms with Gasteiger partial charge in [0, 0.05) is 11.1 Å². The Bertz CT molecular complexity index is 919. The number of hydrogen-bond donors (Lipinski definition) is 0. The standard InChI is InChI=1S/C22H17FO4/c1-15(26-19-13-9-18(23)10-14-19)22(25)27-20-11-7-17(8-12-20)21(24)16-5-3-2-4-6-16/h2-15H,1H3/t15-/m1/s1. The third-order valence-corrected chi connectivity index (χ3v) is 3.83. The number of carbonyl (C=O) groups excluding carboxylic acids is 2. The van der Waals surface area contributed by atoms with Crippen molar-refractivity contribution in [2.45, 2.75) is 13.0 Å². The molecule has 4 nitrogen and oxygen atoms in total. The highest BCUT2D eigenvalue weighted by Crippen LogP contribution is 2.18. The molecule has 0 heterocycles. The van der Waals surface area contributed by atoms with Gasteiger partial charge in [-0.15, -0.1) is 0 Å². The molecule has 3 rings (SSSR count). The maximum absolute atomic E-state index is 12.9. The van der Waals surface area contributed by atoms with E-state index in [1.165, 1.54) is 24.3 Å². The number of benzene rings is 3. The average Bonchev–Trinajstić information content (AvgIpc) is 2.70. The summed E-state index contributed by atoms with van der Waals surface area (Å²) < 4.78 is 23.6. The van der Waals surface area contributed by atoms with Crippen LogP contribution in [0.4, 0.5) is 4.39 Å². The number of hydrogen-bond acceptors (Lipinski definition) is 4. The lowest BCUT2D eigenvalue weighted by molar-refractivity contribution is -0.141. The van der Waals surface area contributed by atoms with Gasteiger partial charge in [0.05, 0.1) is 0 Å². The van der Waals surface area contributed by atoms with Gasteiger partial charge in [0.15, 0.2) is 11.9 Å². The van der Waals surface area contributed by atoms with Crippen molar-refractivity contribution >= 4 is 11.8 Å². The second kappa shape index (κ2) is 8.27. The van der Waals surface area contributed by atoms with Gasteiger partial charge < -0.3 is 9.47 Å². The van der Waals surface area contributed by atoms with E-state index in [-0.39, 0.29) is 11.6 Å². The summed E-state index contributed by atoms with van der Waals surface area (Å²) in [6.07, 6.45) is -0.874. The van der Waals surface area contributed by atoms with Gasteiger partial charge in [0.1, 0.15) is 17.3 Å². The zero-order valence-electron chi connectivity index (χ0n) is 14.6. The number of esters is 1. The zero-order chi connectivity index (χ0) is 19.2. The van der Waals surface area contributed by atoms with Crippen LogP contribution >= 0.6 is 0 Å². The second-order valence-electron chi connectivity index (χ2n) is 5.85. The maximum atomic E-state index is 12.9. The van der Waals surface area contributed by atoms with Crippen molar-refractivity contribution < 1.29 is 23.5 Å². The lowest BCUT2D eigenvalue weighted by Crippen LogP contribution is -2.28. The van der Waals surface area contributed by atoms with Crippen LogP contribution in [0.5, 0.6) is 11.5 Å². The Labute approximate surface area is 156 Å². The molecule has 3 aromatic carbocycles. The van der Waals surface area contributed by atoms with E-state index in [2.05, 4.69) is 0 Å². The number of rotatable bonds is 6. The van der Waals surface area contributed by atoms with Gasteiger partial charge in [-0.05, 0) is 55.5 Å². The van der Waals surface area contributed by atoms with E-state index < -0.39 is 12.1 Å². The molecule has 0 fully saturated rings. The van der Waals surface area contributed by atoms with Gasteiger partial charge in [-0.2, -0.15) is 0 Å². The maximum Gasteiger partial charge on any atom is 0.352 e. The van der Waals surface area contributed by atoms with Crippen LogP contribution in [0.15, 0.2) is 78.9 Å². The Morgan fingerprint density at radius 3 is 1.96 bits per heavy atom. The second-order valence-corrected chi connectivity index (χ2v) is 5.85. The lowest BCUT2D eigenvalue weighted by atomic mass is 10.0. The fraction of sp³-hybridized carbons (Fsp3) is 0.0909. The highest BCUT2D eigenvalue weighted by atomic mass is 19.1. The minimum atomic E-state index is -0.874. The Hall–Kier alpha value is -3.47. The monoisotopic (exact) mass is 364 g/mol. The molecule has 5 heteroatoms. The van der Waals surface area contributed by atoms with E-state index in [9.17, 15) is 14.0 Å². The third kappa shape index (κ3) is 4.79. The number of ether oxygens (including phenoxy) is 2. The summed E-state index contributed by atoms with van der Waals surface area (Å²) in [7, 11) is 0. The molecule has 0 aromatic heterocycles. The first kappa shape index (κ1) is 18.3. The molecule has 0 aliphatic heterocycles. The topological polar surface area (TPSA) is 52.6 Å². The summed E-state index contributed by atoms with van der Waals surface area (Å²) >= 11 is 0. The normalized spacial score (nSPS) is 11.5. The molecule has 3 aromatic rings. The molecular formula is C22H17FO4. The van der Waals surface area contributed by atoms with Crippen molar-refractivity contribution in [2.75, 3.05) is 0 Å². The summed E-state index contributed by atoms with van der Waals surface area (Å²) in [5.41, 5.74) is 1.08. The van der Waals surface area contributed by atoms with E-state index in [1.807, 2.05) is 6.07 Å². The molecule has 27 heavy (non-hydrogen) atoms. The molecule has 136 valence electrons. The first-order chi connectivity index (χ1) is 13.0. The fourth-order valence-electron chi connectivity index (χ4n) is 2.40. The van der Waals surface area contributed by atoms with E-state index in [1.54, 1.807) is 55.5 Å². The summed E-state index contributed by atoms with van der Waals surface area (Å²) in [5.74, 6) is -0.422. The summed E-state index contributed by atoms with van der Waals surface area (Å²) in [4.78, 5) is 24.5. The Morgan fingerprint density at radius 1 is 0.778 bits per heavy atom.